The molecule has 0 aliphatic rings. The number of aromatic nitrogens is 1. The Labute approximate surface area is 151 Å². The molecule has 0 bridgehead atoms. The van der Waals surface area contributed by atoms with Crippen LogP contribution >= 0.6 is 0 Å². The minimum Gasteiger partial charge on any atom is -0.352 e. The maximum atomic E-state index is 13.6. The van der Waals surface area contributed by atoms with Gasteiger partial charge >= 0.3 is 6.18 Å². The molecule has 138 valence electrons. The third-order valence-corrected chi connectivity index (χ3v) is 3.62. The van der Waals surface area contributed by atoms with E-state index in [0.29, 0.717) is 5.69 Å². The predicted molar refractivity (Wildman–Crippen MR) is 93.3 cm³/mol. The number of amides is 1. The predicted octanol–water partition coefficient (Wildman–Crippen LogP) is 5.24. The van der Waals surface area contributed by atoms with Gasteiger partial charge in [0.05, 0.1) is 23.1 Å². The Hall–Kier alpha value is -3.42. The highest BCUT2D eigenvalue weighted by atomic mass is 19.4. The maximum absolute atomic E-state index is 13.6. The maximum Gasteiger partial charge on any atom is 0.416 e. The summed E-state index contributed by atoms with van der Waals surface area (Å²) in [5.74, 6) is -1.01. The number of hydrogen-bond donors (Lipinski definition) is 2. The number of anilines is 3. The lowest BCUT2D eigenvalue weighted by Crippen LogP contribution is -2.14. The van der Waals surface area contributed by atoms with Crippen molar-refractivity contribution in [2.75, 3.05) is 10.6 Å². The first-order valence-electron chi connectivity index (χ1n) is 7.79. The minimum absolute atomic E-state index is 0.0639. The first-order valence-corrected chi connectivity index (χ1v) is 7.79. The van der Waals surface area contributed by atoms with Crippen molar-refractivity contribution in [3.8, 4) is 0 Å². The van der Waals surface area contributed by atoms with Gasteiger partial charge in [-0.3, -0.25) is 4.79 Å². The number of alkyl halides is 3. The molecule has 8 heteroatoms. The second-order valence-corrected chi connectivity index (χ2v) is 5.57. The van der Waals surface area contributed by atoms with E-state index in [-0.39, 0.29) is 17.1 Å². The number of rotatable bonds is 4. The van der Waals surface area contributed by atoms with E-state index in [1.165, 1.54) is 18.3 Å². The fourth-order valence-electron chi connectivity index (χ4n) is 2.26. The van der Waals surface area contributed by atoms with Crippen LogP contribution in [0.1, 0.15) is 16.1 Å². The lowest BCUT2D eigenvalue weighted by molar-refractivity contribution is -0.137. The number of pyridine rings is 1. The summed E-state index contributed by atoms with van der Waals surface area (Å²) in [5.41, 5.74) is 0.215. The molecule has 1 heterocycles. The molecule has 27 heavy (non-hydrogen) atoms. The number of nitrogens with one attached hydrogen (secondary N) is 2. The van der Waals surface area contributed by atoms with E-state index in [1.54, 1.807) is 24.3 Å². The molecule has 3 aromatic rings. The quantitative estimate of drug-likeness (QED) is 0.614. The zero-order valence-electron chi connectivity index (χ0n) is 13.7. The Morgan fingerprint density at radius 2 is 1.56 bits per heavy atom. The highest BCUT2D eigenvalue weighted by Crippen LogP contribution is 2.29. The summed E-state index contributed by atoms with van der Waals surface area (Å²) < 4.78 is 51.2. The van der Waals surface area contributed by atoms with Crippen molar-refractivity contribution in [1.29, 1.82) is 0 Å². The molecule has 2 N–H and O–H groups in total. The van der Waals surface area contributed by atoms with Gasteiger partial charge in [0.2, 0.25) is 0 Å². The molecule has 4 nitrogen and oxygen atoms in total. The fraction of sp³-hybridized carbons (Fsp3) is 0.0526. The van der Waals surface area contributed by atoms with Crippen LogP contribution in [-0.2, 0) is 6.18 Å². The number of carbonyl (C=O) groups is 1. The number of halogens is 4. The molecule has 0 saturated carbocycles. The molecule has 0 atom stereocenters. The highest BCUT2D eigenvalue weighted by molar-refractivity contribution is 6.02. The Balaban J connectivity index is 1.66. The molecule has 2 aromatic carbocycles. The molecule has 0 radical (unpaired) electrons. The average Bonchev–Trinajstić information content (AvgIpc) is 2.64. The second kappa shape index (κ2) is 7.45. The summed E-state index contributed by atoms with van der Waals surface area (Å²) in [4.78, 5) is 16.1. The Kier molecular flexibility index (Phi) is 5.07. The van der Waals surface area contributed by atoms with Crippen LogP contribution in [0.4, 0.5) is 34.6 Å². The molecule has 0 unspecified atom stereocenters. The largest absolute Gasteiger partial charge is 0.416 e. The van der Waals surface area contributed by atoms with Crippen molar-refractivity contribution in [2.45, 2.75) is 6.18 Å². The number of hydrogen-bond acceptors (Lipinski definition) is 3. The lowest BCUT2D eigenvalue weighted by Gasteiger charge is -2.09. The normalized spacial score (nSPS) is 11.1. The summed E-state index contributed by atoms with van der Waals surface area (Å²) >= 11 is 0. The summed E-state index contributed by atoms with van der Waals surface area (Å²) in [7, 11) is 0. The topological polar surface area (TPSA) is 54.0 Å². The van der Waals surface area contributed by atoms with Crippen molar-refractivity contribution in [1.82, 2.24) is 4.98 Å². The fourth-order valence-corrected chi connectivity index (χ4v) is 2.26. The van der Waals surface area contributed by atoms with E-state index in [9.17, 15) is 22.4 Å². The summed E-state index contributed by atoms with van der Waals surface area (Å²) in [5, 5.41) is 5.30. The Morgan fingerprint density at radius 1 is 0.889 bits per heavy atom. The molecule has 3 rings (SSSR count). The van der Waals surface area contributed by atoms with E-state index in [1.807, 2.05) is 0 Å². The molecule has 0 aliphatic heterocycles. The average molecular weight is 375 g/mol. The van der Waals surface area contributed by atoms with Crippen LogP contribution in [0.3, 0.4) is 0 Å². The van der Waals surface area contributed by atoms with Crippen molar-refractivity contribution in [3.63, 3.8) is 0 Å². The molecule has 0 fully saturated rings. The van der Waals surface area contributed by atoms with Gasteiger partial charge in [0, 0.05) is 5.69 Å². The third kappa shape index (κ3) is 4.60. The zero-order chi connectivity index (χ0) is 19.4. The monoisotopic (exact) mass is 375 g/mol. The van der Waals surface area contributed by atoms with Crippen molar-refractivity contribution in [2.24, 2.45) is 0 Å². The van der Waals surface area contributed by atoms with Gasteiger partial charge in [-0.1, -0.05) is 12.1 Å². The minimum atomic E-state index is -4.44. The number of nitrogens with zero attached hydrogens (tertiary/aromatic N) is 1. The summed E-state index contributed by atoms with van der Waals surface area (Å²) in [6.45, 7) is 0. The molecule has 1 aromatic heterocycles. The van der Waals surface area contributed by atoms with Crippen LogP contribution < -0.4 is 10.6 Å². The van der Waals surface area contributed by atoms with E-state index in [2.05, 4.69) is 15.6 Å². The van der Waals surface area contributed by atoms with Crippen LogP contribution in [0.2, 0.25) is 0 Å². The lowest BCUT2D eigenvalue weighted by atomic mass is 10.2. The van der Waals surface area contributed by atoms with Crippen molar-refractivity contribution < 1.29 is 22.4 Å². The van der Waals surface area contributed by atoms with Crippen molar-refractivity contribution in [3.05, 3.63) is 83.9 Å². The number of benzene rings is 2. The Bertz CT molecular complexity index is 938. The van der Waals surface area contributed by atoms with Gasteiger partial charge in [0.25, 0.3) is 5.91 Å². The first-order chi connectivity index (χ1) is 12.8. The van der Waals surface area contributed by atoms with Crippen LogP contribution in [0.15, 0.2) is 66.9 Å². The van der Waals surface area contributed by atoms with E-state index < -0.39 is 23.5 Å². The van der Waals surface area contributed by atoms with Gasteiger partial charge in [-0.05, 0) is 48.5 Å². The Morgan fingerprint density at radius 3 is 2.15 bits per heavy atom. The SMILES string of the molecule is O=C(Nc1ccc(C(F)(F)F)cc1)c1ccc(Nc2ccccc2F)cn1. The van der Waals surface area contributed by atoms with Crippen LogP contribution in [0.25, 0.3) is 0 Å². The van der Waals surface area contributed by atoms with E-state index >= 15 is 0 Å². The molecule has 0 saturated heterocycles. The standard InChI is InChI=1S/C19H13F4N3O/c20-15-3-1-2-4-16(15)25-14-9-10-17(24-11-14)18(27)26-13-7-5-12(6-8-13)19(21,22)23/h1-11,25H,(H,26,27). The van der Waals surface area contributed by atoms with Crippen molar-refractivity contribution >= 4 is 23.0 Å². The number of para-hydroxylation sites is 1. The highest BCUT2D eigenvalue weighted by Gasteiger charge is 2.30. The van der Waals surface area contributed by atoms with Gasteiger partial charge in [-0.25, -0.2) is 9.37 Å². The van der Waals surface area contributed by atoms with Gasteiger partial charge in [0.1, 0.15) is 11.5 Å². The van der Waals surface area contributed by atoms with Crippen LogP contribution in [0.5, 0.6) is 0 Å². The van der Waals surface area contributed by atoms with E-state index in [4.69, 9.17) is 0 Å². The van der Waals surface area contributed by atoms with Crippen LogP contribution in [0, 0.1) is 5.82 Å². The molecule has 1 amide bonds. The first kappa shape index (κ1) is 18.4. The van der Waals surface area contributed by atoms with Gasteiger partial charge in [-0.15, -0.1) is 0 Å². The van der Waals surface area contributed by atoms with Gasteiger partial charge in [0.15, 0.2) is 0 Å². The van der Waals surface area contributed by atoms with Gasteiger partial charge in [-0.2, -0.15) is 13.2 Å². The smallest absolute Gasteiger partial charge is 0.352 e. The van der Waals surface area contributed by atoms with Crippen LogP contribution in [-0.4, -0.2) is 10.9 Å². The zero-order valence-corrected chi connectivity index (χ0v) is 13.7. The molecule has 0 spiro atoms. The van der Waals surface area contributed by atoms with E-state index in [0.717, 1.165) is 24.3 Å². The van der Waals surface area contributed by atoms with Gasteiger partial charge < -0.3 is 10.6 Å². The summed E-state index contributed by atoms with van der Waals surface area (Å²) in [6.07, 6.45) is -3.08. The summed E-state index contributed by atoms with van der Waals surface area (Å²) in [6, 6.07) is 13.1. The third-order valence-electron chi connectivity index (χ3n) is 3.62. The molecular formula is C19H13F4N3O. The second-order valence-electron chi connectivity index (χ2n) is 5.57. The number of carbonyl (C=O) groups excluding carboxylic acids is 1. The molecule has 0 aliphatic carbocycles. The molecular weight excluding hydrogens is 362 g/mol.